The Morgan fingerprint density at radius 3 is 2.66 bits per heavy atom. The topological polar surface area (TPSA) is 62.3 Å². The van der Waals surface area contributed by atoms with Crippen LogP contribution < -0.4 is 10.2 Å². The minimum Gasteiger partial charge on any atom is -0.334 e. The number of aromatic nitrogens is 1. The summed E-state index contributed by atoms with van der Waals surface area (Å²) in [6.45, 7) is 0. The molecule has 5 rings (SSSR count). The van der Waals surface area contributed by atoms with Gasteiger partial charge in [-0.1, -0.05) is 54.1 Å². The molecular weight excluding hydrogens is 386 g/mol. The molecular formula is C23H20ClN3O2. The molecule has 1 aromatic heterocycles. The van der Waals surface area contributed by atoms with Crippen LogP contribution in [0.3, 0.4) is 0 Å². The summed E-state index contributed by atoms with van der Waals surface area (Å²) < 4.78 is 0. The normalized spacial score (nSPS) is 24.3. The van der Waals surface area contributed by atoms with Gasteiger partial charge in [-0.2, -0.15) is 0 Å². The lowest BCUT2D eigenvalue weighted by Gasteiger charge is -2.42. The fourth-order valence-corrected chi connectivity index (χ4v) is 5.00. The van der Waals surface area contributed by atoms with Crippen LogP contribution in [0.15, 0.2) is 60.9 Å². The van der Waals surface area contributed by atoms with Crippen molar-refractivity contribution in [2.24, 2.45) is 5.92 Å². The molecule has 5 nitrogen and oxygen atoms in total. The number of hydrogen-bond acceptors (Lipinski definition) is 3. The molecule has 3 aromatic rings. The van der Waals surface area contributed by atoms with E-state index in [2.05, 4.69) is 10.3 Å². The first-order valence-corrected chi connectivity index (χ1v) is 10.2. The van der Waals surface area contributed by atoms with Gasteiger partial charge in [0.25, 0.3) is 0 Å². The van der Waals surface area contributed by atoms with E-state index in [-0.39, 0.29) is 29.8 Å². The Bertz CT molecular complexity index is 1110. The maximum atomic E-state index is 13.3. The molecule has 1 aliphatic heterocycles. The van der Waals surface area contributed by atoms with Gasteiger partial charge >= 0.3 is 6.03 Å². The maximum Gasteiger partial charge on any atom is 0.329 e. The average molecular weight is 406 g/mol. The Kier molecular flexibility index (Phi) is 4.47. The number of urea groups is 1. The molecule has 3 atom stereocenters. The van der Waals surface area contributed by atoms with E-state index < -0.39 is 0 Å². The molecule has 3 amide bonds. The van der Waals surface area contributed by atoms with Gasteiger partial charge in [-0.3, -0.25) is 9.78 Å². The SMILES string of the molecule is O=C1NC2CC(c3ccccc3Cl)CCC2C(=O)N1c1cncc2ccccc12. The van der Waals surface area contributed by atoms with E-state index in [1.54, 1.807) is 12.4 Å². The van der Waals surface area contributed by atoms with Crippen LogP contribution in [0.25, 0.3) is 10.8 Å². The highest BCUT2D eigenvalue weighted by atomic mass is 35.5. The number of hydrogen-bond donors (Lipinski definition) is 1. The molecule has 0 bridgehead atoms. The molecule has 1 aliphatic carbocycles. The number of imide groups is 1. The molecule has 29 heavy (non-hydrogen) atoms. The first-order chi connectivity index (χ1) is 14.1. The average Bonchev–Trinajstić information content (AvgIpc) is 2.74. The zero-order valence-electron chi connectivity index (χ0n) is 15.7. The highest BCUT2D eigenvalue weighted by molar-refractivity contribution is 6.31. The summed E-state index contributed by atoms with van der Waals surface area (Å²) in [5.74, 6) is -0.135. The number of benzene rings is 2. The van der Waals surface area contributed by atoms with E-state index >= 15 is 0 Å². The monoisotopic (exact) mass is 405 g/mol. The molecule has 1 saturated heterocycles. The summed E-state index contributed by atoms with van der Waals surface area (Å²) in [6, 6.07) is 14.9. The van der Waals surface area contributed by atoms with E-state index in [1.807, 2.05) is 48.5 Å². The van der Waals surface area contributed by atoms with Crippen LogP contribution in [-0.2, 0) is 4.79 Å². The molecule has 146 valence electrons. The highest BCUT2D eigenvalue weighted by Gasteiger charge is 2.45. The third kappa shape index (κ3) is 3.06. The lowest BCUT2D eigenvalue weighted by Crippen LogP contribution is -2.61. The van der Waals surface area contributed by atoms with Crippen molar-refractivity contribution in [3.8, 4) is 0 Å². The number of carbonyl (C=O) groups excluding carboxylic acids is 2. The number of rotatable bonds is 2. The predicted octanol–water partition coefficient (Wildman–Crippen LogP) is 4.90. The number of pyridine rings is 1. The van der Waals surface area contributed by atoms with Crippen molar-refractivity contribution in [3.05, 3.63) is 71.5 Å². The van der Waals surface area contributed by atoms with Gasteiger partial charge in [-0.15, -0.1) is 0 Å². The summed E-state index contributed by atoms with van der Waals surface area (Å²) in [4.78, 5) is 31.8. The lowest BCUT2D eigenvalue weighted by atomic mass is 9.74. The molecule has 2 fully saturated rings. The molecule has 1 N–H and O–H groups in total. The number of halogens is 1. The fourth-order valence-electron chi connectivity index (χ4n) is 4.71. The van der Waals surface area contributed by atoms with Crippen LogP contribution in [-0.4, -0.2) is 23.0 Å². The van der Waals surface area contributed by atoms with E-state index in [1.165, 1.54) is 4.90 Å². The third-order valence-electron chi connectivity index (χ3n) is 6.13. The predicted molar refractivity (Wildman–Crippen MR) is 113 cm³/mol. The zero-order valence-corrected chi connectivity index (χ0v) is 16.5. The minimum absolute atomic E-state index is 0.144. The van der Waals surface area contributed by atoms with Gasteiger partial charge in [0.2, 0.25) is 5.91 Å². The van der Waals surface area contributed by atoms with Crippen LogP contribution in [0, 0.1) is 5.92 Å². The number of anilines is 1. The second kappa shape index (κ2) is 7.16. The summed E-state index contributed by atoms with van der Waals surface area (Å²) in [7, 11) is 0. The second-order valence-electron chi connectivity index (χ2n) is 7.75. The first kappa shape index (κ1) is 18.1. The largest absolute Gasteiger partial charge is 0.334 e. The Hall–Kier alpha value is -2.92. The summed E-state index contributed by atoms with van der Waals surface area (Å²) in [5, 5.41) is 5.56. The van der Waals surface area contributed by atoms with Gasteiger partial charge in [-0.25, -0.2) is 9.69 Å². The standard InChI is InChI=1S/C23H20ClN3O2/c24-19-8-4-3-6-16(19)14-9-10-18-20(11-14)26-23(29)27(22(18)28)21-13-25-12-15-5-1-2-7-17(15)21/h1-8,12-14,18,20H,9-11H2,(H,26,29). The van der Waals surface area contributed by atoms with Gasteiger partial charge in [0.15, 0.2) is 0 Å². The van der Waals surface area contributed by atoms with Crippen molar-refractivity contribution < 1.29 is 9.59 Å². The Balaban J connectivity index is 1.45. The van der Waals surface area contributed by atoms with Crippen LogP contribution in [0.5, 0.6) is 0 Å². The van der Waals surface area contributed by atoms with Gasteiger partial charge in [0, 0.05) is 28.0 Å². The highest BCUT2D eigenvalue weighted by Crippen LogP contribution is 2.41. The van der Waals surface area contributed by atoms with E-state index in [9.17, 15) is 9.59 Å². The molecule has 1 saturated carbocycles. The number of fused-ring (bicyclic) bond motifs is 2. The molecule has 6 heteroatoms. The second-order valence-corrected chi connectivity index (χ2v) is 8.15. The van der Waals surface area contributed by atoms with Crippen LogP contribution in [0.1, 0.15) is 30.7 Å². The van der Waals surface area contributed by atoms with Gasteiger partial charge < -0.3 is 5.32 Å². The Morgan fingerprint density at radius 2 is 1.79 bits per heavy atom. The summed E-state index contributed by atoms with van der Waals surface area (Å²) >= 11 is 6.38. The number of amides is 3. The molecule has 0 spiro atoms. The summed E-state index contributed by atoms with van der Waals surface area (Å²) in [5.41, 5.74) is 1.63. The van der Waals surface area contributed by atoms with Gasteiger partial charge in [-0.05, 0) is 36.8 Å². The van der Waals surface area contributed by atoms with Crippen molar-refractivity contribution in [1.29, 1.82) is 0 Å². The van der Waals surface area contributed by atoms with E-state index in [0.29, 0.717) is 18.5 Å². The van der Waals surface area contributed by atoms with Gasteiger partial charge in [0.1, 0.15) is 0 Å². The van der Waals surface area contributed by atoms with Crippen molar-refractivity contribution in [1.82, 2.24) is 10.3 Å². The zero-order chi connectivity index (χ0) is 20.0. The minimum atomic E-state index is -0.380. The van der Waals surface area contributed by atoms with Crippen molar-refractivity contribution in [2.75, 3.05) is 4.90 Å². The number of nitrogens with one attached hydrogen (secondary N) is 1. The summed E-state index contributed by atoms with van der Waals surface area (Å²) in [6.07, 6.45) is 5.63. The molecule has 2 aliphatic rings. The quantitative estimate of drug-likeness (QED) is 0.659. The van der Waals surface area contributed by atoms with Crippen molar-refractivity contribution in [2.45, 2.75) is 31.2 Å². The smallest absolute Gasteiger partial charge is 0.329 e. The number of nitrogens with zero attached hydrogens (tertiary/aromatic N) is 2. The van der Waals surface area contributed by atoms with Crippen LogP contribution in [0.2, 0.25) is 5.02 Å². The molecule has 3 unspecified atom stereocenters. The molecule has 0 radical (unpaired) electrons. The fraction of sp³-hybridized carbons (Fsp3) is 0.261. The Morgan fingerprint density at radius 1 is 1.00 bits per heavy atom. The van der Waals surface area contributed by atoms with E-state index in [4.69, 9.17) is 11.6 Å². The van der Waals surface area contributed by atoms with Crippen molar-refractivity contribution >= 4 is 40.0 Å². The van der Waals surface area contributed by atoms with E-state index in [0.717, 1.165) is 27.8 Å². The van der Waals surface area contributed by atoms with Crippen LogP contribution >= 0.6 is 11.6 Å². The first-order valence-electron chi connectivity index (χ1n) is 9.85. The lowest BCUT2D eigenvalue weighted by molar-refractivity contribution is -0.124. The third-order valence-corrected chi connectivity index (χ3v) is 6.48. The Labute approximate surface area is 173 Å². The maximum absolute atomic E-state index is 13.3. The van der Waals surface area contributed by atoms with Crippen LogP contribution in [0.4, 0.5) is 10.5 Å². The van der Waals surface area contributed by atoms with Crippen molar-refractivity contribution in [3.63, 3.8) is 0 Å². The molecule has 2 aromatic carbocycles. The van der Waals surface area contributed by atoms with Gasteiger partial charge in [0.05, 0.1) is 17.8 Å². The number of carbonyl (C=O) groups is 2. The molecule has 2 heterocycles.